The van der Waals surface area contributed by atoms with Crippen LogP contribution in [-0.2, 0) is 4.79 Å². The summed E-state index contributed by atoms with van der Waals surface area (Å²) in [7, 11) is 0. The zero-order chi connectivity index (χ0) is 17.2. The summed E-state index contributed by atoms with van der Waals surface area (Å²) < 4.78 is 0. The van der Waals surface area contributed by atoms with Crippen molar-refractivity contribution in [2.75, 3.05) is 0 Å². The molecule has 1 amide bonds. The van der Waals surface area contributed by atoms with E-state index in [-0.39, 0.29) is 24.3 Å². The molecule has 1 heterocycles. The number of carbonyl (C=O) groups is 1. The third-order valence-electron chi connectivity index (χ3n) is 5.26. The van der Waals surface area contributed by atoms with Crippen LogP contribution < -0.4 is 5.32 Å². The van der Waals surface area contributed by atoms with Gasteiger partial charge < -0.3 is 15.4 Å². The predicted octanol–water partition coefficient (Wildman–Crippen LogP) is 3.46. The molecule has 3 rings (SSSR count). The number of imidazole rings is 1. The highest BCUT2D eigenvalue weighted by molar-refractivity contribution is 5.78. The molecule has 0 aliphatic heterocycles. The number of aromatic nitrogens is 2. The topological polar surface area (TPSA) is 78.0 Å². The molecule has 1 fully saturated rings. The third kappa shape index (κ3) is 3.61. The van der Waals surface area contributed by atoms with Gasteiger partial charge in [-0.2, -0.15) is 0 Å². The summed E-state index contributed by atoms with van der Waals surface area (Å²) in [6, 6.07) is 7.71. The van der Waals surface area contributed by atoms with Crippen molar-refractivity contribution in [3.8, 4) is 0 Å². The number of para-hydroxylation sites is 2. The second-order valence-electron chi connectivity index (χ2n) is 7.18. The molecule has 5 nitrogen and oxygen atoms in total. The fourth-order valence-corrected chi connectivity index (χ4v) is 3.57. The van der Waals surface area contributed by atoms with Gasteiger partial charge in [-0.15, -0.1) is 0 Å². The van der Waals surface area contributed by atoms with E-state index in [1.807, 2.05) is 24.3 Å². The van der Waals surface area contributed by atoms with Gasteiger partial charge >= 0.3 is 0 Å². The number of rotatable bonds is 6. The molecule has 130 valence electrons. The van der Waals surface area contributed by atoms with Gasteiger partial charge in [0.1, 0.15) is 5.82 Å². The number of fused-ring (bicyclic) bond motifs is 1. The maximum Gasteiger partial charge on any atom is 0.223 e. The number of nitrogens with zero attached hydrogens (tertiary/aromatic N) is 1. The van der Waals surface area contributed by atoms with E-state index in [9.17, 15) is 9.90 Å². The molecular weight excluding hydrogens is 302 g/mol. The van der Waals surface area contributed by atoms with E-state index in [0.29, 0.717) is 0 Å². The van der Waals surface area contributed by atoms with Crippen LogP contribution in [0.5, 0.6) is 0 Å². The first kappa shape index (κ1) is 17.0. The Balaban J connectivity index is 1.77. The van der Waals surface area contributed by atoms with Crippen molar-refractivity contribution in [2.24, 2.45) is 5.92 Å². The molecule has 0 bridgehead atoms. The van der Waals surface area contributed by atoms with Crippen molar-refractivity contribution < 1.29 is 9.90 Å². The lowest BCUT2D eigenvalue weighted by molar-refractivity contribution is -0.127. The summed E-state index contributed by atoms with van der Waals surface area (Å²) in [5, 5.41) is 13.6. The molecule has 1 saturated carbocycles. The summed E-state index contributed by atoms with van der Waals surface area (Å²) in [5.74, 6) is 0.954. The van der Waals surface area contributed by atoms with Crippen LogP contribution in [0.2, 0.25) is 0 Å². The number of aliphatic hydroxyl groups is 1. The fourth-order valence-electron chi connectivity index (χ4n) is 3.57. The molecular formula is C19H27N3O2. The second-order valence-corrected chi connectivity index (χ2v) is 7.18. The zero-order valence-electron chi connectivity index (χ0n) is 14.5. The number of hydrogen-bond acceptors (Lipinski definition) is 3. The summed E-state index contributed by atoms with van der Waals surface area (Å²) in [4.78, 5) is 20.5. The summed E-state index contributed by atoms with van der Waals surface area (Å²) in [5.41, 5.74) is 1.06. The number of carbonyl (C=O) groups excluding carboxylic acids is 1. The third-order valence-corrected chi connectivity index (χ3v) is 5.26. The summed E-state index contributed by atoms with van der Waals surface area (Å²) >= 11 is 0. The number of H-pyrrole nitrogens is 1. The number of aromatic amines is 1. The molecule has 0 radical (unpaired) electrons. The van der Waals surface area contributed by atoms with Crippen LogP contribution in [0.25, 0.3) is 11.0 Å². The van der Waals surface area contributed by atoms with Crippen molar-refractivity contribution in [1.29, 1.82) is 0 Å². The molecule has 2 atom stereocenters. The monoisotopic (exact) mass is 329 g/mol. The van der Waals surface area contributed by atoms with Gasteiger partial charge in [0.15, 0.2) is 0 Å². The Bertz CT molecular complexity index is 670. The maximum atomic E-state index is 12.5. The smallest absolute Gasteiger partial charge is 0.223 e. The zero-order valence-corrected chi connectivity index (χ0v) is 14.5. The van der Waals surface area contributed by atoms with Crippen molar-refractivity contribution in [3.63, 3.8) is 0 Å². The van der Waals surface area contributed by atoms with Crippen LogP contribution >= 0.6 is 0 Å². The van der Waals surface area contributed by atoms with Crippen molar-refractivity contribution in [1.82, 2.24) is 15.3 Å². The lowest BCUT2D eigenvalue weighted by Crippen LogP contribution is -2.38. The van der Waals surface area contributed by atoms with Gasteiger partial charge in [-0.05, 0) is 30.9 Å². The number of benzene rings is 1. The Labute approximate surface area is 142 Å². The Kier molecular flexibility index (Phi) is 4.90. The SMILES string of the molecule is CCC(C)C(NC(=O)CC1(O)CCCC1)c1nc2ccccc2[nH]1. The van der Waals surface area contributed by atoms with E-state index in [0.717, 1.165) is 49.0 Å². The standard InChI is InChI=1S/C19H27N3O2/c1-3-13(2)17(18-20-14-8-4-5-9-15(14)21-18)22-16(23)12-19(24)10-6-7-11-19/h4-5,8-9,13,17,24H,3,6-7,10-12H2,1-2H3,(H,20,21)(H,22,23). The first-order valence-corrected chi connectivity index (χ1v) is 8.97. The van der Waals surface area contributed by atoms with Crippen LogP contribution in [0.1, 0.15) is 64.2 Å². The Morgan fingerprint density at radius 1 is 1.38 bits per heavy atom. The lowest BCUT2D eigenvalue weighted by Gasteiger charge is -2.26. The van der Waals surface area contributed by atoms with Gasteiger partial charge in [0.05, 0.1) is 29.1 Å². The summed E-state index contributed by atoms with van der Waals surface area (Å²) in [6.07, 6.45) is 4.56. The normalized spacial score (nSPS) is 19.3. The lowest BCUT2D eigenvalue weighted by atomic mass is 9.95. The van der Waals surface area contributed by atoms with Gasteiger partial charge in [-0.3, -0.25) is 4.79 Å². The molecule has 3 N–H and O–H groups in total. The molecule has 1 aromatic heterocycles. The van der Waals surface area contributed by atoms with E-state index in [1.54, 1.807) is 0 Å². The molecule has 1 aromatic carbocycles. The molecule has 1 aliphatic carbocycles. The number of nitrogens with one attached hydrogen (secondary N) is 2. The Morgan fingerprint density at radius 2 is 2.08 bits per heavy atom. The molecule has 0 spiro atoms. The van der Waals surface area contributed by atoms with Gasteiger partial charge in [-0.1, -0.05) is 45.2 Å². The summed E-state index contributed by atoms with van der Waals surface area (Å²) in [6.45, 7) is 4.22. The minimum absolute atomic E-state index is 0.0924. The Morgan fingerprint density at radius 3 is 2.75 bits per heavy atom. The van der Waals surface area contributed by atoms with Gasteiger partial charge in [-0.25, -0.2) is 4.98 Å². The molecule has 0 saturated heterocycles. The van der Waals surface area contributed by atoms with Crippen molar-refractivity contribution in [2.45, 2.75) is 64.0 Å². The average molecular weight is 329 g/mol. The quantitative estimate of drug-likeness (QED) is 0.759. The van der Waals surface area contributed by atoms with Gasteiger partial charge in [0.25, 0.3) is 0 Å². The highest BCUT2D eigenvalue weighted by Gasteiger charge is 2.34. The van der Waals surface area contributed by atoms with Crippen LogP contribution in [0.3, 0.4) is 0 Å². The maximum absolute atomic E-state index is 12.5. The number of hydrogen-bond donors (Lipinski definition) is 3. The molecule has 2 aromatic rings. The molecule has 5 heteroatoms. The van der Waals surface area contributed by atoms with Crippen LogP contribution in [-0.4, -0.2) is 26.6 Å². The molecule has 2 unspecified atom stereocenters. The van der Waals surface area contributed by atoms with E-state index >= 15 is 0 Å². The van der Waals surface area contributed by atoms with Gasteiger partial charge in [0, 0.05) is 0 Å². The molecule has 24 heavy (non-hydrogen) atoms. The highest BCUT2D eigenvalue weighted by Crippen LogP contribution is 2.33. The van der Waals surface area contributed by atoms with Crippen LogP contribution in [0, 0.1) is 5.92 Å². The highest BCUT2D eigenvalue weighted by atomic mass is 16.3. The van der Waals surface area contributed by atoms with E-state index < -0.39 is 5.60 Å². The van der Waals surface area contributed by atoms with E-state index in [2.05, 4.69) is 29.1 Å². The number of amides is 1. The first-order chi connectivity index (χ1) is 11.5. The predicted molar refractivity (Wildman–Crippen MR) is 94.5 cm³/mol. The first-order valence-electron chi connectivity index (χ1n) is 8.97. The Hall–Kier alpha value is -1.88. The van der Waals surface area contributed by atoms with Crippen molar-refractivity contribution >= 4 is 16.9 Å². The molecule has 1 aliphatic rings. The fraction of sp³-hybridized carbons (Fsp3) is 0.579. The van der Waals surface area contributed by atoms with Crippen molar-refractivity contribution in [3.05, 3.63) is 30.1 Å². The minimum Gasteiger partial charge on any atom is -0.389 e. The van der Waals surface area contributed by atoms with Gasteiger partial charge in [0.2, 0.25) is 5.91 Å². The second kappa shape index (κ2) is 6.93. The van der Waals surface area contributed by atoms with Crippen LogP contribution in [0.4, 0.5) is 0 Å². The van der Waals surface area contributed by atoms with E-state index in [4.69, 9.17) is 0 Å². The largest absolute Gasteiger partial charge is 0.389 e. The van der Waals surface area contributed by atoms with E-state index in [1.165, 1.54) is 0 Å². The average Bonchev–Trinajstić information content (AvgIpc) is 3.17. The van der Waals surface area contributed by atoms with Crippen LogP contribution in [0.15, 0.2) is 24.3 Å². The minimum atomic E-state index is -0.821.